The van der Waals surface area contributed by atoms with Gasteiger partial charge in [-0.3, -0.25) is 5.10 Å². The highest BCUT2D eigenvalue weighted by molar-refractivity contribution is 7.89. The molecule has 114 valence electrons. The molecule has 0 saturated heterocycles. The van der Waals surface area contributed by atoms with Crippen molar-refractivity contribution in [1.29, 1.82) is 0 Å². The van der Waals surface area contributed by atoms with E-state index in [1.807, 2.05) is 24.3 Å². The van der Waals surface area contributed by atoms with Gasteiger partial charge in [0.05, 0.1) is 18.5 Å². The number of benzene rings is 1. The molecule has 7 heteroatoms. The first kappa shape index (κ1) is 15.5. The van der Waals surface area contributed by atoms with Gasteiger partial charge < -0.3 is 4.74 Å². The second-order valence-corrected chi connectivity index (χ2v) is 6.53. The summed E-state index contributed by atoms with van der Waals surface area (Å²) in [5, 5.41) is 6.61. The summed E-state index contributed by atoms with van der Waals surface area (Å²) >= 11 is 0. The minimum atomic E-state index is -3.63. The van der Waals surface area contributed by atoms with Crippen LogP contribution in [-0.4, -0.2) is 25.7 Å². The molecule has 0 spiro atoms. The van der Waals surface area contributed by atoms with Gasteiger partial charge in [-0.15, -0.1) is 0 Å². The fourth-order valence-corrected chi connectivity index (χ4v) is 3.81. The predicted octanol–water partition coefficient (Wildman–Crippen LogP) is 2.07. The fourth-order valence-electron chi connectivity index (χ4n) is 2.21. The quantitative estimate of drug-likeness (QED) is 0.885. The molecule has 2 rings (SSSR count). The van der Waals surface area contributed by atoms with Crippen molar-refractivity contribution in [3.63, 3.8) is 0 Å². The van der Waals surface area contributed by atoms with E-state index in [1.165, 1.54) is 0 Å². The first-order chi connectivity index (χ1) is 9.85. The van der Waals surface area contributed by atoms with Gasteiger partial charge in [-0.05, 0) is 38.5 Å². The summed E-state index contributed by atoms with van der Waals surface area (Å²) in [6.45, 7) is 5.14. The van der Waals surface area contributed by atoms with E-state index in [2.05, 4.69) is 14.9 Å². The minimum absolute atomic E-state index is 0.206. The van der Waals surface area contributed by atoms with Crippen LogP contribution in [0.15, 0.2) is 29.2 Å². The van der Waals surface area contributed by atoms with Crippen molar-refractivity contribution in [2.45, 2.75) is 31.7 Å². The van der Waals surface area contributed by atoms with Gasteiger partial charge >= 0.3 is 0 Å². The molecule has 6 nitrogen and oxygen atoms in total. The van der Waals surface area contributed by atoms with Crippen LogP contribution in [-0.2, 0) is 10.0 Å². The Bertz CT molecular complexity index is 718. The number of rotatable bonds is 5. The molecular weight excluding hydrogens is 290 g/mol. The summed E-state index contributed by atoms with van der Waals surface area (Å²) < 4.78 is 32.8. The lowest BCUT2D eigenvalue weighted by Crippen LogP contribution is -2.27. The zero-order chi connectivity index (χ0) is 15.6. The molecule has 0 saturated carbocycles. The Balaban J connectivity index is 2.28. The predicted molar refractivity (Wildman–Crippen MR) is 79.8 cm³/mol. The summed E-state index contributed by atoms with van der Waals surface area (Å²) in [6, 6.07) is 6.92. The summed E-state index contributed by atoms with van der Waals surface area (Å²) in [5.41, 5.74) is 1.81. The zero-order valence-electron chi connectivity index (χ0n) is 12.5. The van der Waals surface area contributed by atoms with Crippen molar-refractivity contribution in [3.8, 4) is 5.75 Å². The van der Waals surface area contributed by atoms with Gasteiger partial charge in [0.1, 0.15) is 10.6 Å². The zero-order valence-corrected chi connectivity index (χ0v) is 13.3. The molecule has 0 aliphatic heterocycles. The van der Waals surface area contributed by atoms with E-state index in [0.29, 0.717) is 17.1 Å². The van der Waals surface area contributed by atoms with Crippen molar-refractivity contribution in [3.05, 3.63) is 41.2 Å². The van der Waals surface area contributed by atoms with E-state index in [-0.39, 0.29) is 10.9 Å². The third-order valence-corrected chi connectivity index (χ3v) is 5.06. The molecular formula is C14H19N3O3S. The van der Waals surface area contributed by atoms with Crippen LogP contribution in [0.1, 0.15) is 29.9 Å². The van der Waals surface area contributed by atoms with Gasteiger partial charge in [-0.1, -0.05) is 12.1 Å². The minimum Gasteiger partial charge on any atom is -0.497 e. The van der Waals surface area contributed by atoms with Crippen molar-refractivity contribution in [1.82, 2.24) is 14.9 Å². The van der Waals surface area contributed by atoms with Crippen LogP contribution in [0.4, 0.5) is 0 Å². The summed E-state index contributed by atoms with van der Waals surface area (Å²) in [6.07, 6.45) is 0. The highest BCUT2D eigenvalue weighted by Crippen LogP contribution is 2.23. The second kappa shape index (κ2) is 5.87. The number of aromatic nitrogens is 2. The third kappa shape index (κ3) is 3.25. The molecule has 0 aliphatic rings. The van der Waals surface area contributed by atoms with Crippen LogP contribution in [0.5, 0.6) is 5.75 Å². The number of nitrogens with zero attached hydrogens (tertiary/aromatic N) is 1. The number of aromatic amines is 1. The van der Waals surface area contributed by atoms with Gasteiger partial charge in [0.15, 0.2) is 0 Å². The van der Waals surface area contributed by atoms with Crippen LogP contribution in [0.25, 0.3) is 0 Å². The number of nitrogens with one attached hydrogen (secondary N) is 2. The van der Waals surface area contributed by atoms with Gasteiger partial charge in [-0.2, -0.15) is 5.10 Å². The highest BCUT2D eigenvalue weighted by Gasteiger charge is 2.24. The molecule has 1 aromatic carbocycles. The standard InChI is InChI=1S/C14H19N3O3S/c1-9(12-6-5-7-13(8-12)20-4)17-21(18,19)14-10(2)15-16-11(14)3/h5-9,17H,1-4H3,(H,15,16). The first-order valence-electron chi connectivity index (χ1n) is 6.53. The maximum Gasteiger partial charge on any atom is 0.244 e. The molecule has 0 radical (unpaired) electrons. The Morgan fingerprint density at radius 3 is 2.62 bits per heavy atom. The van der Waals surface area contributed by atoms with Crippen LogP contribution in [0.2, 0.25) is 0 Å². The van der Waals surface area contributed by atoms with E-state index >= 15 is 0 Å². The Morgan fingerprint density at radius 2 is 2.05 bits per heavy atom. The van der Waals surface area contributed by atoms with Gasteiger partial charge in [0.2, 0.25) is 10.0 Å². The van der Waals surface area contributed by atoms with Crippen LogP contribution in [0.3, 0.4) is 0 Å². The Labute approximate surface area is 124 Å². The second-order valence-electron chi connectivity index (χ2n) is 4.88. The number of aryl methyl sites for hydroxylation is 2. The van der Waals surface area contributed by atoms with E-state index in [9.17, 15) is 8.42 Å². The maximum atomic E-state index is 12.5. The Morgan fingerprint density at radius 1 is 1.33 bits per heavy atom. The van der Waals surface area contributed by atoms with Crippen molar-refractivity contribution in [2.24, 2.45) is 0 Å². The summed E-state index contributed by atoms with van der Waals surface area (Å²) in [5.74, 6) is 0.689. The lowest BCUT2D eigenvalue weighted by Gasteiger charge is -2.15. The molecule has 1 unspecified atom stereocenters. The third-order valence-electron chi connectivity index (χ3n) is 3.25. The molecule has 0 amide bonds. The molecule has 1 aromatic heterocycles. The molecule has 2 aromatic rings. The van der Waals surface area contributed by atoms with Gasteiger partial charge in [0, 0.05) is 6.04 Å². The van der Waals surface area contributed by atoms with Gasteiger partial charge in [-0.25, -0.2) is 13.1 Å². The summed E-state index contributed by atoms with van der Waals surface area (Å²) in [4.78, 5) is 0.206. The van der Waals surface area contributed by atoms with E-state index in [4.69, 9.17) is 4.74 Å². The first-order valence-corrected chi connectivity index (χ1v) is 8.01. The lowest BCUT2D eigenvalue weighted by molar-refractivity contribution is 0.413. The average molecular weight is 309 g/mol. The van der Waals surface area contributed by atoms with E-state index in [1.54, 1.807) is 27.9 Å². The number of ether oxygens (including phenoxy) is 1. The number of H-pyrrole nitrogens is 1. The van der Waals surface area contributed by atoms with Crippen molar-refractivity contribution in [2.75, 3.05) is 7.11 Å². The maximum absolute atomic E-state index is 12.5. The molecule has 1 heterocycles. The van der Waals surface area contributed by atoms with Crippen molar-refractivity contribution < 1.29 is 13.2 Å². The summed E-state index contributed by atoms with van der Waals surface area (Å²) in [7, 11) is -2.05. The molecule has 1 atom stereocenters. The van der Waals surface area contributed by atoms with Crippen LogP contribution >= 0.6 is 0 Å². The van der Waals surface area contributed by atoms with Crippen molar-refractivity contribution >= 4 is 10.0 Å². The van der Waals surface area contributed by atoms with Crippen LogP contribution < -0.4 is 9.46 Å². The molecule has 21 heavy (non-hydrogen) atoms. The monoisotopic (exact) mass is 309 g/mol. The normalized spacial score (nSPS) is 13.1. The highest BCUT2D eigenvalue weighted by atomic mass is 32.2. The van der Waals surface area contributed by atoms with Gasteiger partial charge in [0.25, 0.3) is 0 Å². The van der Waals surface area contributed by atoms with E-state index in [0.717, 1.165) is 5.56 Å². The Kier molecular flexibility index (Phi) is 4.34. The fraction of sp³-hybridized carbons (Fsp3) is 0.357. The average Bonchev–Trinajstić information content (AvgIpc) is 2.78. The number of methoxy groups -OCH3 is 1. The Hall–Kier alpha value is -1.86. The van der Waals surface area contributed by atoms with Crippen LogP contribution in [0, 0.1) is 13.8 Å². The number of hydrogen-bond donors (Lipinski definition) is 2. The topological polar surface area (TPSA) is 84.1 Å². The molecule has 2 N–H and O–H groups in total. The number of hydrogen-bond acceptors (Lipinski definition) is 4. The molecule has 0 bridgehead atoms. The van der Waals surface area contributed by atoms with E-state index < -0.39 is 10.0 Å². The number of sulfonamides is 1. The lowest BCUT2D eigenvalue weighted by atomic mass is 10.1. The largest absolute Gasteiger partial charge is 0.497 e. The molecule has 0 fully saturated rings. The SMILES string of the molecule is COc1cccc(C(C)NS(=O)(=O)c2c(C)n[nH]c2C)c1. The molecule has 0 aliphatic carbocycles. The smallest absolute Gasteiger partial charge is 0.244 e.